The van der Waals surface area contributed by atoms with E-state index in [0.717, 1.165) is 11.4 Å². The molecule has 0 saturated carbocycles. The Morgan fingerprint density at radius 3 is 2.38 bits per heavy atom. The zero-order valence-electron chi connectivity index (χ0n) is 23.7. The monoisotopic (exact) mass is 571 g/mol. The first kappa shape index (κ1) is 28.9. The minimum absolute atomic E-state index is 0.0650. The highest BCUT2D eigenvalue weighted by atomic mass is 19.1. The van der Waals surface area contributed by atoms with Gasteiger partial charge in [-0.2, -0.15) is 5.26 Å². The Labute approximate surface area is 244 Å². The zero-order chi connectivity index (χ0) is 29.8. The van der Waals surface area contributed by atoms with Crippen LogP contribution in [0.25, 0.3) is 0 Å². The van der Waals surface area contributed by atoms with Crippen LogP contribution in [0.3, 0.4) is 0 Å². The van der Waals surface area contributed by atoms with Crippen molar-refractivity contribution >= 4 is 17.8 Å². The summed E-state index contributed by atoms with van der Waals surface area (Å²) in [5.41, 5.74) is 2.11. The molecule has 218 valence electrons. The van der Waals surface area contributed by atoms with Crippen molar-refractivity contribution in [3.05, 3.63) is 89.4 Å². The molecule has 3 aromatic rings. The number of aromatic nitrogens is 1. The fraction of sp³-hybridized carbons (Fsp3) is 0.375. The molecule has 0 bridgehead atoms. The molecule has 2 aromatic carbocycles. The number of phenols is 1. The first-order valence-electron chi connectivity index (χ1n) is 14.1. The number of carbonyl (C=O) groups is 2. The van der Waals surface area contributed by atoms with Gasteiger partial charge in [-0.15, -0.1) is 0 Å². The summed E-state index contributed by atoms with van der Waals surface area (Å²) in [7, 11) is 1.68. The number of ether oxygens (including phenoxy) is 1. The molecule has 2 aliphatic heterocycles. The molecule has 3 heterocycles. The lowest BCUT2D eigenvalue weighted by Crippen LogP contribution is -2.44. The maximum atomic E-state index is 13.7. The molecule has 1 aromatic heterocycles. The van der Waals surface area contributed by atoms with E-state index in [1.165, 1.54) is 12.1 Å². The van der Waals surface area contributed by atoms with Crippen molar-refractivity contribution in [1.29, 1.82) is 5.26 Å². The van der Waals surface area contributed by atoms with Gasteiger partial charge in [0, 0.05) is 51.3 Å². The molecule has 2 amide bonds. The van der Waals surface area contributed by atoms with Crippen LogP contribution in [0.5, 0.6) is 5.75 Å². The highest BCUT2D eigenvalue weighted by molar-refractivity contribution is 5.80. The molecular weight excluding hydrogens is 537 g/mol. The number of piperidine rings is 1. The van der Waals surface area contributed by atoms with E-state index in [1.807, 2.05) is 23.1 Å². The van der Waals surface area contributed by atoms with E-state index in [2.05, 4.69) is 16.0 Å². The Morgan fingerprint density at radius 2 is 1.76 bits per heavy atom. The minimum atomic E-state index is -0.581. The van der Waals surface area contributed by atoms with Crippen LogP contribution in [0, 0.1) is 23.1 Å². The van der Waals surface area contributed by atoms with Gasteiger partial charge in [0.1, 0.15) is 29.6 Å². The summed E-state index contributed by atoms with van der Waals surface area (Å²) in [6.07, 6.45) is 1.81. The van der Waals surface area contributed by atoms with Crippen LogP contribution >= 0.6 is 0 Å². The number of likely N-dealkylation sites (N-methyl/N-ethyl adjacent to an activating group) is 1. The molecule has 0 radical (unpaired) electrons. The summed E-state index contributed by atoms with van der Waals surface area (Å²) >= 11 is 0. The lowest BCUT2D eigenvalue weighted by Gasteiger charge is -2.34. The number of hydrogen-bond donors (Lipinski definition) is 1. The number of carbonyl (C=O) groups excluding carboxylic acids is 2. The summed E-state index contributed by atoms with van der Waals surface area (Å²) in [6.45, 7) is 3.90. The number of likely N-dealkylation sites (tertiary alicyclic amines) is 1. The molecule has 1 unspecified atom stereocenters. The molecule has 1 N–H and O–H groups in total. The normalized spacial score (nSPS) is 19.7. The number of amides is 2. The molecule has 3 atom stereocenters. The molecule has 42 heavy (non-hydrogen) atoms. The van der Waals surface area contributed by atoms with Gasteiger partial charge >= 0.3 is 6.09 Å². The fourth-order valence-electron chi connectivity index (χ4n) is 5.83. The Balaban J connectivity index is 1.26. The maximum Gasteiger partial charge on any atom is 0.410 e. The van der Waals surface area contributed by atoms with Gasteiger partial charge in [0.15, 0.2) is 0 Å². The molecule has 2 saturated heterocycles. The highest BCUT2D eigenvalue weighted by Crippen LogP contribution is 2.34. The number of halogens is 1. The lowest BCUT2D eigenvalue weighted by molar-refractivity contribution is -0.135. The van der Waals surface area contributed by atoms with Crippen molar-refractivity contribution in [3.63, 3.8) is 0 Å². The molecule has 2 aliphatic rings. The summed E-state index contributed by atoms with van der Waals surface area (Å²) in [4.78, 5) is 36.9. The average Bonchev–Trinajstić information content (AvgIpc) is 3.46. The topological polar surface area (TPSA) is 110 Å². The number of anilines is 1. The molecule has 9 nitrogen and oxygen atoms in total. The SMILES string of the molecule is CC(OC(=O)N(C)[C@@H]1CN(C(=O)C2CCN(c3ccc(C#N)cn3)CC2)C[C@H]1c1ccc(O)cc1)c1ccc(F)cc1. The maximum absolute atomic E-state index is 13.7. The van der Waals surface area contributed by atoms with Crippen molar-refractivity contribution < 1.29 is 23.8 Å². The summed E-state index contributed by atoms with van der Waals surface area (Å²) in [5, 5.41) is 18.9. The first-order chi connectivity index (χ1) is 20.2. The van der Waals surface area contributed by atoms with Gasteiger partial charge < -0.3 is 24.5 Å². The number of nitriles is 1. The lowest BCUT2D eigenvalue weighted by atomic mass is 9.93. The quantitative estimate of drug-likeness (QED) is 0.451. The summed E-state index contributed by atoms with van der Waals surface area (Å²) in [5.74, 6) is 0.327. The number of rotatable bonds is 6. The second kappa shape index (κ2) is 12.5. The summed E-state index contributed by atoms with van der Waals surface area (Å²) < 4.78 is 19.1. The smallest absolute Gasteiger partial charge is 0.410 e. The number of nitrogens with zero attached hydrogens (tertiary/aromatic N) is 5. The van der Waals surface area contributed by atoms with Crippen LogP contribution in [-0.2, 0) is 9.53 Å². The van der Waals surface area contributed by atoms with Crippen LogP contribution < -0.4 is 4.90 Å². The van der Waals surface area contributed by atoms with Gasteiger partial charge in [-0.25, -0.2) is 14.2 Å². The van der Waals surface area contributed by atoms with Gasteiger partial charge in [-0.05, 0) is 67.3 Å². The van der Waals surface area contributed by atoms with Crippen LogP contribution in [-0.4, -0.2) is 71.2 Å². The van der Waals surface area contributed by atoms with E-state index in [9.17, 15) is 19.1 Å². The Bertz CT molecular complexity index is 1430. The first-order valence-corrected chi connectivity index (χ1v) is 14.1. The van der Waals surface area contributed by atoms with Crippen LogP contribution in [0.1, 0.15) is 48.5 Å². The Morgan fingerprint density at radius 1 is 1.07 bits per heavy atom. The average molecular weight is 572 g/mol. The standard InChI is InChI=1S/C32H34FN5O4/c1-21(23-4-8-26(33)9-5-23)42-32(41)36(2)29-20-38(19-28(29)24-6-10-27(39)11-7-24)31(40)25-13-15-37(16-14-25)30-12-3-22(17-34)18-35-30/h3-12,18,21,25,28-29,39H,13-16,19-20H2,1-2H3/t21?,28-,29+/m0/s1. The van der Waals surface area contributed by atoms with E-state index in [4.69, 9.17) is 10.00 Å². The number of phenolic OH excluding ortho intramolecular Hbond substituents is 1. The number of pyridine rings is 1. The molecule has 0 aliphatic carbocycles. The molecule has 2 fully saturated rings. The van der Waals surface area contributed by atoms with Crippen LogP contribution in [0.2, 0.25) is 0 Å². The highest BCUT2D eigenvalue weighted by Gasteiger charge is 2.42. The Hall–Kier alpha value is -4.65. The van der Waals surface area contributed by atoms with E-state index >= 15 is 0 Å². The molecule has 5 rings (SSSR count). The second-order valence-electron chi connectivity index (χ2n) is 11.0. The summed E-state index contributed by atoms with van der Waals surface area (Å²) in [6, 6.07) is 18.0. The van der Waals surface area contributed by atoms with Crippen molar-refractivity contribution in [2.75, 3.05) is 38.1 Å². The third-order valence-corrected chi connectivity index (χ3v) is 8.37. The van der Waals surface area contributed by atoms with Crippen molar-refractivity contribution in [2.24, 2.45) is 5.92 Å². The number of benzene rings is 2. The van der Waals surface area contributed by atoms with E-state index in [1.54, 1.807) is 55.4 Å². The third-order valence-electron chi connectivity index (χ3n) is 8.37. The molecular formula is C32H34FN5O4. The second-order valence-corrected chi connectivity index (χ2v) is 11.0. The minimum Gasteiger partial charge on any atom is -0.508 e. The number of aromatic hydroxyl groups is 1. The van der Waals surface area contributed by atoms with E-state index in [0.29, 0.717) is 50.1 Å². The van der Waals surface area contributed by atoms with Crippen LogP contribution in [0.15, 0.2) is 66.9 Å². The van der Waals surface area contributed by atoms with Crippen molar-refractivity contribution in [3.8, 4) is 11.8 Å². The van der Waals surface area contributed by atoms with E-state index in [-0.39, 0.29) is 35.4 Å². The third kappa shape index (κ3) is 6.30. The predicted molar refractivity (Wildman–Crippen MR) is 154 cm³/mol. The van der Waals surface area contributed by atoms with Gasteiger partial charge in [-0.3, -0.25) is 4.79 Å². The van der Waals surface area contributed by atoms with Gasteiger partial charge in [0.25, 0.3) is 0 Å². The predicted octanol–water partition coefficient (Wildman–Crippen LogP) is 4.84. The molecule has 0 spiro atoms. The number of hydrogen-bond acceptors (Lipinski definition) is 7. The van der Waals surface area contributed by atoms with E-state index < -0.39 is 12.2 Å². The van der Waals surface area contributed by atoms with Gasteiger partial charge in [0.2, 0.25) is 5.91 Å². The van der Waals surface area contributed by atoms with Gasteiger partial charge in [0.05, 0.1) is 11.6 Å². The zero-order valence-corrected chi connectivity index (χ0v) is 23.7. The van der Waals surface area contributed by atoms with Crippen molar-refractivity contribution in [2.45, 2.75) is 37.8 Å². The van der Waals surface area contributed by atoms with Crippen molar-refractivity contribution in [1.82, 2.24) is 14.8 Å². The fourth-order valence-corrected chi connectivity index (χ4v) is 5.83. The van der Waals surface area contributed by atoms with Crippen LogP contribution in [0.4, 0.5) is 15.0 Å². The molecule has 10 heteroatoms. The van der Waals surface area contributed by atoms with Gasteiger partial charge in [-0.1, -0.05) is 24.3 Å². The largest absolute Gasteiger partial charge is 0.508 e. The Kier molecular flexibility index (Phi) is 8.57.